The van der Waals surface area contributed by atoms with Gasteiger partial charge in [-0.15, -0.1) is 0 Å². The summed E-state index contributed by atoms with van der Waals surface area (Å²) in [6.45, 7) is 0.499. The second kappa shape index (κ2) is 7.93. The van der Waals surface area contributed by atoms with Gasteiger partial charge in [0.05, 0.1) is 19.9 Å². The van der Waals surface area contributed by atoms with Crippen LogP contribution in [0.15, 0.2) is 42.7 Å². The summed E-state index contributed by atoms with van der Waals surface area (Å²) in [6.07, 6.45) is 3.77. The fourth-order valence-corrected chi connectivity index (χ4v) is 1.72. The molecule has 0 aliphatic carbocycles. The van der Waals surface area contributed by atoms with E-state index in [2.05, 4.69) is 16.8 Å². The molecule has 4 heteroatoms. The SMILES string of the molecule is COc1cccc(COc2cncc(C#CCCO)c2)c1. The largest absolute Gasteiger partial charge is 0.497 e. The van der Waals surface area contributed by atoms with E-state index in [1.165, 1.54) is 0 Å². The van der Waals surface area contributed by atoms with E-state index >= 15 is 0 Å². The number of hydrogen-bond donors (Lipinski definition) is 1. The average Bonchev–Trinajstić information content (AvgIpc) is 2.54. The molecule has 0 fully saturated rings. The molecule has 0 aliphatic rings. The molecule has 1 N–H and O–H groups in total. The zero-order chi connectivity index (χ0) is 14.9. The van der Waals surface area contributed by atoms with Crippen LogP contribution < -0.4 is 9.47 Å². The normalized spacial score (nSPS) is 9.62. The number of ether oxygens (including phenoxy) is 2. The monoisotopic (exact) mass is 283 g/mol. The summed E-state index contributed by atoms with van der Waals surface area (Å²) < 4.78 is 10.9. The minimum absolute atomic E-state index is 0.0620. The van der Waals surface area contributed by atoms with Crippen LogP contribution in [0.25, 0.3) is 0 Å². The lowest BCUT2D eigenvalue weighted by atomic mass is 10.2. The van der Waals surface area contributed by atoms with Crippen LogP contribution in [0.5, 0.6) is 11.5 Å². The van der Waals surface area contributed by atoms with Crippen molar-refractivity contribution in [2.24, 2.45) is 0 Å². The molecule has 2 aromatic rings. The second-order valence-electron chi connectivity index (χ2n) is 4.32. The maximum Gasteiger partial charge on any atom is 0.139 e. The lowest BCUT2D eigenvalue weighted by molar-refractivity contribution is 0.304. The van der Waals surface area contributed by atoms with Gasteiger partial charge in [0.15, 0.2) is 0 Å². The lowest BCUT2D eigenvalue weighted by Gasteiger charge is -2.07. The van der Waals surface area contributed by atoms with Gasteiger partial charge in [-0.25, -0.2) is 0 Å². The third kappa shape index (κ3) is 4.83. The van der Waals surface area contributed by atoms with E-state index in [9.17, 15) is 0 Å². The third-order valence-electron chi connectivity index (χ3n) is 2.72. The van der Waals surface area contributed by atoms with Crippen molar-refractivity contribution in [2.45, 2.75) is 13.0 Å². The quantitative estimate of drug-likeness (QED) is 0.856. The molecule has 0 saturated heterocycles. The van der Waals surface area contributed by atoms with E-state index in [1.807, 2.05) is 30.3 Å². The van der Waals surface area contributed by atoms with Crippen LogP contribution in [-0.4, -0.2) is 23.8 Å². The Morgan fingerprint density at radius 3 is 2.90 bits per heavy atom. The highest BCUT2D eigenvalue weighted by molar-refractivity contribution is 5.37. The molecule has 0 spiro atoms. The lowest BCUT2D eigenvalue weighted by Crippen LogP contribution is -1.96. The zero-order valence-electron chi connectivity index (χ0n) is 11.9. The zero-order valence-corrected chi connectivity index (χ0v) is 11.9. The van der Waals surface area contributed by atoms with E-state index in [4.69, 9.17) is 14.6 Å². The number of aliphatic hydroxyl groups excluding tert-OH is 1. The molecule has 21 heavy (non-hydrogen) atoms. The van der Waals surface area contributed by atoms with Gasteiger partial charge in [0.25, 0.3) is 0 Å². The van der Waals surface area contributed by atoms with Crippen molar-refractivity contribution < 1.29 is 14.6 Å². The van der Waals surface area contributed by atoms with Gasteiger partial charge in [-0.3, -0.25) is 4.98 Å². The van der Waals surface area contributed by atoms with Gasteiger partial charge in [-0.2, -0.15) is 0 Å². The summed E-state index contributed by atoms with van der Waals surface area (Å²) in [5.74, 6) is 7.25. The number of hydrogen-bond acceptors (Lipinski definition) is 4. The summed E-state index contributed by atoms with van der Waals surface area (Å²) >= 11 is 0. The molecule has 0 unspecified atom stereocenters. The van der Waals surface area contributed by atoms with Crippen LogP contribution in [0, 0.1) is 11.8 Å². The highest BCUT2D eigenvalue weighted by Crippen LogP contribution is 2.16. The Labute approximate surface area is 124 Å². The summed E-state index contributed by atoms with van der Waals surface area (Å²) in [5.41, 5.74) is 1.79. The Balaban J connectivity index is 2.00. The molecule has 2 rings (SSSR count). The number of aromatic nitrogens is 1. The minimum Gasteiger partial charge on any atom is -0.497 e. The molecule has 0 amide bonds. The minimum atomic E-state index is 0.0620. The first kappa shape index (κ1) is 14.9. The molecule has 0 saturated carbocycles. The van der Waals surface area contributed by atoms with Crippen LogP contribution in [-0.2, 0) is 6.61 Å². The molecule has 0 bridgehead atoms. The molecule has 4 nitrogen and oxygen atoms in total. The third-order valence-corrected chi connectivity index (χ3v) is 2.72. The van der Waals surface area contributed by atoms with Crippen molar-refractivity contribution in [3.8, 4) is 23.3 Å². The van der Waals surface area contributed by atoms with Gasteiger partial charge < -0.3 is 14.6 Å². The summed E-state index contributed by atoms with van der Waals surface area (Å²) in [5, 5.41) is 8.70. The fourth-order valence-electron chi connectivity index (χ4n) is 1.72. The molecule has 0 aliphatic heterocycles. The summed E-state index contributed by atoms with van der Waals surface area (Å²) in [7, 11) is 1.64. The van der Waals surface area contributed by atoms with Crippen molar-refractivity contribution in [3.05, 3.63) is 53.9 Å². The van der Waals surface area contributed by atoms with Crippen LogP contribution in [0.3, 0.4) is 0 Å². The van der Waals surface area contributed by atoms with Crippen molar-refractivity contribution in [1.82, 2.24) is 4.98 Å². The van der Waals surface area contributed by atoms with E-state index in [0.29, 0.717) is 18.8 Å². The molecule has 0 atom stereocenters. The number of nitrogens with zero attached hydrogens (tertiary/aromatic N) is 1. The molecule has 1 aromatic carbocycles. The van der Waals surface area contributed by atoms with Crippen molar-refractivity contribution in [3.63, 3.8) is 0 Å². The molecular weight excluding hydrogens is 266 g/mol. The molecule has 0 radical (unpaired) electrons. The molecule has 108 valence electrons. The first-order chi connectivity index (χ1) is 10.3. The van der Waals surface area contributed by atoms with Crippen LogP contribution >= 0.6 is 0 Å². The number of benzene rings is 1. The summed E-state index contributed by atoms with van der Waals surface area (Å²) in [4.78, 5) is 4.09. The van der Waals surface area contributed by atoms with Gasteiger partial charge in [0.1, 0.15) is 18.1 Å². The van der Waals surface area contributed by atoms with E-state index in [1.54, 1.807) is 19.5 Å². The highest BCUT2D eigenvalue weighted by Gasteiger charge is 1.99. The van der Waals surface area contributed by atoms with Crippen molar-refractivity contribution in [1.29, 1.82) is 0 Å². The Morgan fingerprint density at radius 2 is 2.10 bits per heavy atom. The van der Waals surface area contributed by atoms with E-state index in [-0.39, 0.29) is 6.61 Å². The van der Waals surface area contributed by atoms with Crippen LogP contribution in [0.2, 0.25) is 0 Å². The Kier molecular flexibility index (Phi) is 5.62. The maximum absolute atomic E-state index is 8.70. The summed E-state index contributed by atoms with van der Waals surface area (Å²) in [6, 6.07) is 9.55. The topological polar surface area (TPSA) is 51.6 Å². The second-order valence-corrected chi connectivity index (χ2v) is 4.32. The van der Waals surface area contributed by atoms with Gasteiger partial charge in [-0.05, 0) is 23.8 Å². The molecule has 1 aromatic heterocycles. The smallest absolute Gasteiger partial charge is 0.139 e. The fraction of sp³-hybridized carbons (Fsp3) is 0.235. The van der Waals surface area contributed by atoms with Gasteiger partial charge in [-0.1, -0.05) is 24.0 Å². The first-order valence-corrected chi connectivity index (χ1v) is 6.62. The standard InChI is InChI=1S/C17H17NO3/c1-20-16-7-4-6-15(10-16)13-21-17-9-14(11-18-12-17)5-2-3-8-19/h4,6-7,9-12,19H,3,8,13H2,1H3. The first-order valence-electron chi connectivity index (χ1n) is 6.62. The number of methoxy groups -OCH3 is 1. The highest BCUT2D eigenvalue weighted by atomic mass is 16.5. The van der Waals surface area contributed by atoms with Gasteiger partial charge >= 0.3 is 0 Å². The van der Waals surface area contributed by atoms with Gasteiger partial charge in [0, 0.05) is 18.2 Å². The number of pyridine rings is 1. The van der Waals surface area contributed by atoms with Crippen molar-refractivity contribution >= 4 is 0 Å². The van der Waals surface area contributed by atoms with E-state index in [0.717, 1.165) is 16.9 Å². The van der Waals surface area contributed by atoms with Gasteiger partial charge in [0.2, 0.25) is 0 Å². The number of rotatable bonds is 5. The average molecular weight is 283 g/mol. The van der Waals surface area contributed by atoms with Crippen molar-refractivity contribution in [2.75, 3.05) is 13.7 Å². The van der Waals surface area contributed by atoms with Crippen LogP contribution in [0.4, 0.5) is 0 Å². The Hall–Kier alpha value is -2.51. The predicted molar refractivity (Wildman–Crippen MR) is 80.1 cm³/mol. The maximum atomic E-state index is 8.70. The molecular formula is C17H17NO3. The Morgan fingerprint density at radius 1 is 1.19 bits per heavy atom. The van der Waals surface area contributed by atoms with E-state index < -0.39 is 0 Å². The van der Waals surface area contributed by atoms with Crippen LogP contribution in [0.1, 0.15) is 17.5 Å². The Bertz CT molecular complexity index is 644. The molecule has 1 heterocycles. The predicted octanol–water partition coefficient (Wildman–Crippen LogP) is 2.40. The number of aliphatic hydroxyl groups is 1.